The van der Waals surface area contributed by atoms with Gasteiger partial charge in [-0.1, -0.05) is 0 Å². The SMILES string of the molecule is [c]1cc(OCC2CCOCC2)nc(C2CC2)c1. The summed E-state index contributed by atoms with van der Waals surface area (Å²) in [6.45, 7) is 2.50. The Morgan fingerprint density at radius 3 is 2.82 bits per heavy atom. The van der Waals surface area contributed by atoms with Gasteiger partial charge in [-0.3, -0.25) is 0 Å². The maximum absolute atomic E-state index is 5.77. The molecule has 2 fully saturated rings. The zero-order valence-electron chi connectivity index (χ0n) is 10.0. The first-order valence-electron chi connectivity index (χ1n) is 6.50. The minimum atomic E-state index is 0.620. The van der Waals surface area contributed by atoms with Crippen LogP contribution in [0.3, 0.4) is 0 Å². The number of aromatic nitrogens is 1. The Labute approximate surface area is 102 Å². The van der Waals surface area contributed by atoms with Crippen LogP contribution in [0, 0.1) is 12.0 Å². The fraction of sp³-hybridized carbons (Fsp3) is 0.643. The summed E-state index contributed by atoms with van der Waals surface area (Å²) in [5, 5.41) is 0. The highest BCUT2D eigenvalue weighted by Gasteiger charge is 2.25. The second-order valence-electron chi connectivity index (χ2n) is 4.97. The first-order valence-corrected chi connectivity index (χ1v) is 6.50. The van der Waals surface area contributed by atoms with Gasteiger partial charge in [0, 0.05) is 30.9 Å². The van der Waals surface area contributed by atoms with Crippen molar-refractivity contribution in [2.75, 3.05) is 19.8 Å². The Balaban J connectivity index is 1.54. The van der Waals surface area contributed by atoms with E-state index in [2.05, 4.69) is 11.1 Å². The molecule has 0 unspecified atom stereocenters. The number of ether oxygens (including phenoxy) is 2. The summed E-state index contributed by atoms with van der Waals surface area (Å²) in [5.41, 5.74) is 1.15. The van der Waals surface area contributed by atoms with E-state index in [1.54, 1.807) is 0 Å². The number of rotatable bonds is 4. The molecule has 17 heavy (non-hydrogen) atoms. The summed E-state index contributed by atoms with van der Waals surface area (Å²) in [6.07, 6.45) is 4.74. The van der Waals surface area contributed by atoms with E-state index in [0.29, 0.717) is 11.8 Å². The first-order chi connectivity index (χ1) is 8.42. The van der Waals surface area contributed by atoms with Gasteiger partial charge in [0.25, 0.3) is 0 Å². The minimum absolute atomic E-state index is 0.620. The van der Waals surface area contributed by atoms with Crippen molar-refractivity contribution < 1.29 is 9.47 Å². The molecule has 0 N–H and O–H groups in total. The average molecular weight is 232 g/mol. The quantitative estimate of drug-likeness (QED) is 0.799. The van der Waals surface area contributed by atoms with Gasteiger partial charge >= 0.3 is 0 Å². The maximum atomic E-state index is 5.77. The molecular formula is C14H18NO2. The molecule has 0 atom stereocenters. The van der Waals surface area contributed by atoms with Crippen molar-refractivity contribution in [3.63, 3.8) is 0 Å². The van der Waals surface area contributed by atoms with Gasteiger partial charge in [0.05, 0.1) is 6.61 Å². The Hall–Kier alpha value is -1.09. The molecule has 2 heterocycles. The smallest absolute Gasteiger partial charge is 0.214 e. The fourth-order valence-electron chi connectivity index (χ4n) is 2.17. The van der Waals surface area contributed by atoms with Crippen LogP contribution >= 0.6 is 0 Å². The molecule has 91 valence electrons. The lowest BCUT2D eigenvalue weighted by Crippen LogP contribution is -2.21. The highest BCUT2D eigenvalue weighted by atomic mass is 16.5. The summed E-state index contributed by atoms with van der Waals surface area (Å²) in [4.78, 5) is 4.53. The maximum Gasteiger partial charge on any atom is 0.214 e. The van der Waals surface area contributed by atoms with Crippen LogP contribution in [0.4, 0.5) is 0 Å². The monoisotopic (exact) mass is 232 g/mol. The highest BCUT2D eigenvalue weighted by molar-refractivity contribution is 5.20. The highest BCUT2D eigenvalue weighted by Crippen LogP contribution is 2.39. The van der Waals surface area contributed by atoms with E-state index in [4.69, 9.17) is 9.47 Å². The Bertz CT molecular complexity index is 370. The molecule has 1 radical (unpaired) electrons. The van der Waals surface area contributed by atoms with E-state index in [0.717, 1.165) is 44.2 Å². The van der Waals surface area contributed by atoms with Crippen LogP contribution in [0.15, 0.2) is 12.1 Å². The van der Waals surface area contributed by atoms with E-state index in [1.165, 1.54) is 12.8 Å². The van der Waals surface area contributed by atoms with Crippen LogP contribution in [0.2, 0.25) is 0 Å². The fourth-order valence-corrected chi connectivity index (χ4v) is 2.17. The number of pyridine rings is 1. The lowest BCUT2D eigenvalue weighted by atomic mass is 10.0. The number of nitrogens with zero attached hydrogens (tertiary/aromatic N) is 1. The molecule has 1 aliphatic carbocycles. The molecule has 0 spiro atoms. The zero-order chi connectivity index (χ0) is 11.5. The number of hydrogen-bond donors (Lipinski definition) is 0. The number of hydrogen-bond acceptors (Lipinski definition) is 3. The van der Waals surface area contributed by atoms with Gasteiger partial charge in [-0.15, -0.1) is 0 Å². The van der Waals surface area contributed by atoms with Crippen molar-refractivity contribution >= 4 is 0 Å². The van der Waals surface area contributed by atoms with Gasteiger partial charge < -0.3 is 9.47 Å². The summed E-state index contributed by atoms with van der Waals surface area (Å²) in [6, 6.07) is 6.95. The lowest BCUT2D eigenvalue weighted by Gasteiger charge is -2.21. The second-order valence-corrected chi connectivity index (χ2v) is 4.97. The molecule has 0 aromatic carbocycles. The molecule has 1 saturated carbocycles. The van der Waals surface area contributed by atoms with E-state index in [1.807, 2.05) is 12.1 Å². The third kappa shape index (κ3) is 2.97. The summed E-state index contributed by atoms with van der Waals surface area (Å²) in [7, 11) is 0. The van der Waals surface area contributed by atoms with Crippen molar-refractivity contribution in [3.05, 3.63) is 23.9 Å². The van der Waals surface area contributed by atoms with Gasteiger partial charge in [-0.05, 0) is 43.7 Å². The Morgan fingerprint density at radius 1 is 1.24 bits per heavy atom. The van der Waals surface area contributed by atoms with Crippen molar-refractivity contribution in [2.45, 2.75) is 31.6 Å². The molecule has 1 aliphatic heterocycles. The second kappa shape index (κ2) is 5.05. The summed E-state index contributed by atoms with van der Waals surface area (Å²) < 4.78 is 11.1. The van der Waals surface area contributed by atoms with Gasteiger partial charge in [0.15, 0.2) is 0 Å². The molecular weight excluding hydrogens is 214 g/mol. The third-order valence-corrected chi connectivity index (χ3v) is 3.48. The van der Waals surface area contributed by atoms with Crippen LogP contribution in [0.5, 0.6) is 5.88 Å². The predicted octanol–water partition coefficient (Wildman–Crippen LogP) is 2.56. The van der Waals surface area contributed by atoms with Crippen molar-refractivity contribution in [2.24, 2.45) is 5.92 Å². The molecule has 0 amide bonds. The van der Waals surface area contributed by atoms with E-state index in [9.17, 15) is 0 Å². The van der Waals surface area contributed by atoms with Crippen LogP contribution in [-0.2, 0) is 4.74 Å². The van der Waals surface area contributed by atoms with Gasteiger partial charge in [-0.2, -0.15) is 0 Å². The van der Waals surface area contributed by atoms with Crippen molar-refractivity contribution in [1.29, 1.82) is 0 Å². The molecule has 3 nitrogen and oxygen atoms in total. The van der Waals surface area contributed by atoms with E-state index >= 15 is 0 Å². The topological polar surface area (TPSA) is 31.4 Å². The zero-order valence-corrected chi connectivity index (χ0v) is 10.0. The Kier molecular flexibility index (Phi) is 3.27. The average Bonchev–Trinajstić information content (AvgIpc) is 3.22. The minimum Gasteiger partial charge on any atom is -0.477 e. The van der Waals surface area contributed by atoms with Crippen LogP contribution in [0.1, 0.15) is 37.3 Å². The first kappa shape index (κ1) is 11.0. The van der Waals surface area contributed by atoms with E-state index < -0.39 is 0 Å². The summed E-state index contributed by atoms with van der Waals surface area (Å²) >= 11 is 0. The third-order valence-electron chi connectivity index (χ3n) is 3.48. The standard InChI is InChI=1S/C14H18NO2/c1-2-13(12-4-5-12)15-14(3-1)17-10-11-6-8-16-9-7-11/h2-3,11-12H,4-10H2. The van der Waals surface area contributed by atoms with Gasteiger partial charge in [0.2, 0.25) is 5.88 Å². The predicted molar refractivity (Wildman–Crippen MR) is 64.1 cm³/mol. The van der Waals surface area contributed by atoms with Crippen molar-refractivity contribution in [1.82, 2.24) is 4.98 Å². The van der Waals surface area contributed by atoms with Gasteiger partial charge in [-0.25, -0.2) is 4.98 Å². The lowest BCUT2D eigenvalue weighted by molar-refractivity contribution is 0.0490. The molecule has 3 heteroatoms. The molecule has 1 aromatic heterocycles. The normalized spacial score (nSPS) is 21.4. The van der Waals surface area contributed by atoms with Crippen molar-refractivity contribution in [3.8, 4) is 5.88 Å². The largest absolute Gasteiger partial charge is 0.477 e. The van der Waals surface area contributed by atoms with Crippen LogP contribution in [0.25, 0.3) is 0 Å². The molecule has 1 saturated heterocycles. The van der Waals surface area contributed by atoms with E-state index in [-0.39, 0.29) is 0 Å². The van der Waals surface area contributed by atoms with Crippen LogP contribution in [-0.4, -0.2) is 24.8 Å². The Morgan fingerprint density at radius 2 is 2.06 bits per heavy atom. The molecule has 0 bridgehead atoms. The summed E-state index contributed by atoms with van der Waals surface area (Å²) in [5.74, 6) is 2.02. The van der Waals surface area contributed by atoms with Gasteiger partial charge in [0.1, 0.15) is 0 Å². The van der Waals surface area contributed by atoms with Crippen LogP contribution < -0.4 is 4.74 Å². The molecule has 2 aliphatic rings. The molecule has 1 aromatic rings. The molecule has 3 rings (SSSR count).